The second-order valence-corrected chi connectivity index (χ2v) is 5.78. The first-order valence-corrected chi connectivity index (χ1v) is 7.33. The molecule has 0 aliphatic rings. The Morgan fingerprint density at radius 2 is 2.15 bits per heavy atom. The van der Waals surface area contributed by atoms with E-state index >= 15 is 0 Å². The van der Waals surface area contributed by atoms with Crippen LogP contribution in [0.3, 0.4) is 0 Å². The Morgan fingerprint density at radius 3 is 2.85 bits per heavy atom. The molecule has 0 saturated heterocycles. The monoisotopic (exact) mass is 288 g/mol. The molecule has 0 amide bonds. The van der Waals surface area contributed by atoms with Crippen LogP contribution in [0.5, 0.6) is 0 Å². The number of nitrogens with zero attached hydrogens (tertiary/aromatic N) is 5. The summed E-state index contributed by atoms with van der Waals surface area (Å²) in [5.41, 5.74) is 1.26. The highest BCUT2D eigenvalue weighted by Gasteiger charge is 2.14. The van der Waals surface area contributed by atoms with Crippen LogP contribution < -0.4 is 5.32 Å². The van der Waals surface area contributed by atoms with Crippen molar-refractivity contribution in [2.45, 2.75) is 27.3 Å². The van der Waals surface area contributed by atoms with E-state index in [1.54, 1.807) is 22.3 Å². The van der Waals surface area contributed by atoms with E-state index in [0.717, 1.165) is 28.4 Å². The zero-order valence-electron chi connectivity index (χ0n) is 11.7. The van der Waals surface area contributed by atoms with E-state index in [9.17, 15) is 0 Å². The summed E-state index contributed by atoms with van der Waals surface area (Å²) in [6.45, 7) is 7.68. The smallest absolute Gasteiger partial charge is 0.153 e. The molecule has 0 atom stereocenters. The number of hydrogen-bond acceptors (Lipinski definition) is 6. The van der Waals surface area contributed by atoms with Gasteiger partial charge in [0.2, 0.25) is 0 Å². The minimum atomic E-state index is 0.532. The van der Waals surface area contributed by atoms with Crippen LogP contribution in [0.4, 0.5) is 5.82 Å². The quantitative estimate of drug-likeness (QED) is 0.798. The third-order valence-corrected chi connectivity index (χ3v) is 4.29. The summed E-state index contributed by atoms with van der Waals surface area (Å²) in [5.74, 6) is 1.66. The van der Waals surface area contributed by atoms with Gasteiger partial charge in [-0.15, -0.1) is 11.3 Å². The molecular weight excluding hydrogens is 272 g/mol. The summed E-state index contributed by atoms with van der Waals surface area (Å²) < 4.78 is 1.73. The van der Waals surface area contributed by atoms with E-state index in [-0.39, 0.29) is 0 Å². The zero-order chi connectivity index (χ0) is 14.1. The van der Waals surface area contributed by atoms with Crippen LogP contribution in [0.25, 0.3) is 10.2 Å². The molecule has 0 bridgehead atoms. The predicted molar refractivity (Wildman–Crippen MR) is 80.2 cm³/mol. The Hall–Kier alpha value is -2.02. The summed E-state index contributed by atoms with van der Waals surface area (Å²) in [5, 5.41) is 8.57. The van der Waals surface area contributed by atoms with Crippen LogP contribution in [0.1, 0.15) is 23.2 Å². The molecule has 0 aromatic carbocycles. The average molecular weight is 288 g/mol. The largest absolute Gasteiger partial charge is 0.370 e. The van der Waals surface area contributed by atoms with E-state index in [1.165, 1.54) is 16.8 Å². The van der Waals surface area contributed by atoms with Gasteiger partial charge in [0.15, 0.2) is 5.82 Å². The van der Waals surface area contributed by atoms with Gasteiger partial charge >= 0.3 is 0 Å². The maximum absolute atomic E-state index is 4.65. The van der Waals surface area contributed by atoms with Crippen molar-refractivity contribution < 1.29 is 0 Å². The van der Waals surface area contributed by atoms with Gasteiger partial charge in [0, 0.05) is 11.4 Å². The lowest BCUT2D eigenvalue weighted by molar-refractivity contribution is 0.657. The second kappa shape index (κ2) is 5.16. The Labute approximate surface area is 120 Å². The lowest BCUT2D eigenvalue weighted by Crippen LogP contribution is -2.08. The SMILES string of the molecule is CCNc1nc(Cn2cncn2)nc2sc(C)c(C)c12. The molecule has 7 heteroatoms. The normalized spacial score (nSPS) is 11.2. The van der Waals surface area contributed by atoms with Gasteiger partial charge in [-0.3, -0.25) is 0 Å². The number of hydrogen-bond donors (Lipinski definition) is 1. The predicted octanol–water partition coefficient (Wildman–Crippen LogP) is 2.38. The highest BCUT2D eigenvalue weighted by Crippen LogP contribution is 2.33. The second-order valence-electron chi connectivity index (χ2n) is 4.58. The molecule has 0 unspecified atom stereocenters. The van der Waals surface area contributed by atoms with Crippen LogP contribution in [-0.4, -0.2) is 31.3 Å². The summed E-state index contributed by atoms with van der Waals surface area (Å²) in [7, 11) is 0. The van der Waals surface area contributed by atoms with Crippen molar-refractivity contribution in [3.63, 3.8) is 0 Å². The number of anilines is 1. The molecule has 0 aliphatic heterocycles. The minimum Gasteiger partial charge on any atom is -0.370 e. The van der Waals surface area contributed by atoms with Crippen molar-refractivity contribution in [1.82, 2.24) is 24.7 Å². The Bertz CT molecular complexity index is 731. The van der Waals surface area contributed by atoms with Crippen molar-refractivity contribution >= 4 is 27.4 Å². The summed E-state index contributed by atoms with van der Waals surface area (Å²) in [6, 6.07) is 0. The Balaban J connectivity index is 2.10. The lowest BCUT2D eigenvalue weighted by Gasteiger charge is -2.08. The van der Waals surface area contributed by atoms with Gasteiger partial charge in [0.25, 0.3) is 0 Å². The number of nitrogens with one attached hydrogen (secondary N) is 1. The number of aryl methyl sites for hydroxylation is 2. The summed E-state index contributed by atoms with van der Waals surface area (Å²) in [6.07, 6.45) is 3.19. The molecule has 3 heterocycles. The highest BCUT2D eigenvalue weighted by atomic mass is 32.1. The first-order chi connectivity index (χ1) is 9.69. The molecule has 0 fully saturated rings. The number of aromatic nitrogens is 5. The third-order valence-electron chi connectivity index (χ3n) is 3.19. The first-order valence-electron chi connectivity index (χ1n) is 6.52. The molecular formula is C13H16N6S. The Morgan fingerprint density at radius 1 is 1.30 bits per heavy atom. The maximum atomic E-state index is 4.65. The molecule has 1 N–H and O–H groups in total. The van der Waals surface area contributed by atoms with Crippen molar-refractivity contribution in [3.05, 3.63) is 28.9 Å². The molecule has 20 heavy (non-hydrogen) atoms. The zero-order valence-corrected chi connectivity index (χ0v) is 12.5. The fourth-order valence-corrected chi connectivity index (χ4v) is 3.17. The molecule has 6 nitrogen and oxygen atoms in total. The van der Waals surface area contributed by atoms with Crippen LogP contribution in [0, 0.1) is 13.8 Å². The van der Waals surface area contributed by atoms with Gasteiger partial charge in [-0.1, -0.05) is 0 Å². The standard InChI is InChI=1S/C13H16N6S/c1-4-15-12-11-8(2)9(3)20-13(11)18-10(17-12)5-19-7-14-6-16-19/h6-7H,4-5H2,1-3H3,(H,15,17,18). The molecule has 3 rings (SSSR count). The minimum absolute atomic E-state index is 0.532. The van der Waals surface area contributed by atoms with Crippen LogP contribution in [-0.2, 0) is 6.54 Å². The molecule has 104 valence electrons. The van der Waals surface area contributed by atoms with Crippen molar-refractivity contribution in [1.29, 1.82) is 0 Å². The van der Waals surface area contributed by atoms with Gasteiger partial charge in [0.1, 0.15) is 29.8 Å². The maximum Gasteiger partial charge on any atom is 0.153 e. The topological polar surface area (TPSA) is 68.5 Å². The lowest BCUT2D eigenvalue weighted by atomic mass is 10.2. The van der Waals surface area contributed by atoms with Crippen LogP contribution >= 0.6 is 11.3 Å². The van der Waals surface area contributed by atoms with Gasteiger partial charge in [-0.2, -0.15) is 5.10 Å². The van der Waals surface area contributed by atoms with Crippen LogP contribution in [0.15, 0.2) is 12.7 Å². The summed E-state index contributed by atoms with van der Waals surface area (Å²) in [4.78, 5) is 15.5. The van der Waals surface area contributed by atoms with Gasteiger partial charge < -0.3 is 5.32 Å². The van der Waals surface area contributed by atoms with Gasteiger partial charge in [-0.25, -0.2) is 19.6 Å². The Kier molecular flexibility index (Phi) is 3.35. The van der Waals surface area contributed by atoms with Gasteiger partial charge in [0.05, 0.1) is 5.39 Å². The molecule has 0 aliphatic carbocycles. The van der Waals surface area contributed by atoms with Crippen LogP contribution in [0.2, 0.25) is 0 Å². The van der Waals surface area contributed by atoms with E-state index in [1.807, 2.05) is 0 Å². The van der Waals surface area contributed by atoms with Crippen molar-refractivity contribution in [3.8, 4) is 0 Å². The molecule has 3 aromatic rings. The first kappa shape index (κ1) is 13.0. The number of fused-ring (bicyclic) bond motifs is 1. The highest BCUT2D eigenvalue weighted by molar-refractivity contribution is 7.18. The summed E-state index contributed by atoms with van der Waals surface area (Å²) >= 11 is 1.71. The molecule has 0 saturated carbocycles. The number of thiophene rings is 1. The van der Waals surface area contributed by atoms with Crippen molar-refractivity contribution in [2.75, 3.05) is 11.9 Å². The fourth-order valence-electron chi connectivity index (χ4n) is 2.12. The average Bonchev–Trinajstić information content (AvgIpc) is 3.00. The van der Waals surface area contributed by atoms with Gasteiger partial charge in [-0.05, 0) is 26.3 Å². The molecule has 3 aromatic heterocycles. The van der Waals surface area contributed by atoms with E-state index in [2.05, 4.69) is 46.1 Å². The molecule has 0 spiro atoms. The van der Waals surface area contributed by atoms with E-state index in [0.29, 0.717) is 6.54 Å². The number of rotatable bonds is 4. The van der Waals surface area contributed by atoms with E-state index in [4.69, 9.17) is 0 Å². The van der Waals surface area contributed by atoms with Crippen molar-refractivity contribution in [2.24, 2.45) is 0 Å². The fraction of sp³-hybridized carbons (Fsp3) is 0.385. The van der Waals surface area contributed by atoms with E-state index < -0.39 is 0 Å². The molecule has 0 radical (unpaired) electrons. The third kappa shape index (κ3) is 2.24.